The lowest BCUT2D eigenvalue weighted by molar-refractivity contribution is -0.141. The van der Waals surface area contributed by atoms with Crippen LogP contribution in [0.15, 0.2) is 30.3 Å². The van der Waals surface area contributed by atoms with Gasteiger partial charge in [-0.05, 0) is 19.1 Å². The minimum atomic E-state index is -4.71. The molecule has 3 aromatic rings. The molecule has 0 bridgehead atoms. The summed E-state index contributed by atoms with van der Waals surface area (Å²) in [7, 11) is 0. The lowest BCUT2D eigenvalue weighted by Crippen LogP contribution is -2.17. The summed E-state index contributed by atoms with van der Waals surface area (Å²) in [6.45, 7) is 1.68. The minimum Gasteiger partial charge on any atom is -0.295 e. The van der Waals surface area contributed by atoms with Crippen molar-refractivity contribution in [3.8, 4) is 5.69 Å². The minimum absolute atomic E-state index is 0.151. The number of hydrogen-bond acceptors (Lipinski definition) is 5. The maximum absolute atomic E-state index is 13.0. The Hall–Kier alpha value is -2.46. The van der Waals surface area contributed by atoms with E-state index in [0.29, 0.717) is 11.1 Å². The first-order valence-electron chi connectivity index (χ1n) is 6.79. The predicted molar refractivity (Wildman–Crippen MR) is 86.2 cm³/mol. The van der Waals surface area contributed by atoms with Gasteiger partial charge in [-0.3, -0.25) is 10.1 Å². The average Bonchev–Trinajstić information content (AvgIpc) is 3.14. The third-order valence-corrected chi connectivity index (χ3v) is 4.13. The van der Waals surface area contributed by atoms with E-state index in [1.54, 1.807) is 19.1 Å². The van der Waals surface area contributed by atoms with E-state index in [0.717, 1.165) is 16.0 Å². The van der Waals surface area contributed by atoms with Crippen LogP contribution in [0.1, 0.15) is 21.2 Å². The zero-order valence-corrected chi connectivity index (χ0v) is 14.1. The fourth-order valence-corrected chi connectivity index (χ4v) is 2.80. The Morgan fingerprint density at radius 3 is 2.60 bits per heavy atom. The molecule has 6 nitrogen and oxygen atoms in total. The molecule has 0 radical (unpaired) electrons. The van der Waals surface area contributed by atoms with Crippen molar-refractivity contribution in [1.29, 1.82) is 0 Å². The van der Waals surface area contributed by atoms with Crippen LogP contribution in [0.2, 0.25) is 5.02 Å². The molecule has 0 aliphatic rings. The molecule has 0 aliphatic heterocycles. The van der Waals surface area contributed by atoms with E-state index >= 15 is 0 Å². The third kappa shape index (κ3) is 3.64. The van der Waals surface area contributed by atoms with Gasteiger partial charge in [-0.25, -0.2) is 4.68 Å². The van der Waals surface area contributed by atoms with Crippen LogP contribution in [0.5, 0.6) is 0 Å². The topological polar surface area (TPSA) is 72.7 Å². The van der Waals surface area contributed by atoms with Gasteiger partial charge >= 0.3 is 6.18 Å². The summed E-state index contributed by atoms with van der Waals surface area (Å²) in [5, 5.41) is 14.3. The van der Waals surface area contributed by atoms with E-state index in [2.05, 4.69) is 20.6 Å². The highest BCUT2D eigenvalue weighted by molar-refractivity contribution is 7.15. The van der Waals surface area contributed by atoms with Crippen LogP contribution in [0.25, 0.3) is 5.69 Å². The first kappa shape index (κ1) is 17.4. The molecular formula is C14H9ClF3N5OS. The van der Waals surface area contributed by atoms with Gasteiger partial charge in [0.1, 0.15) is 10.7 Å². The smallest absolute Gasteiger partial charge is 0.295 e. The summed E-state index contributed by atoms with van der Waals surface area (Å²) in [4.78, 5) is 12.4. The van der Waals surface area contributed by atoms with E-state index in [9.17, 15) is 18.0 Å². The van der Waals surface area contributed by atoms with E-state index in [4.69, 9.17) is 11.6 Å². The number of carbonyl (C=O) groups excluding carboxylic acids is 1. The molecule has 3 rings (SSSR count). The van der Waals surface area contributed by atoms with E-state index in [-0.39, 0.29) is 21.5 Å². The summed E-state index contributed by atoms with van der Waals surface area (Å²) >= 11 is 7.12. The number of halogens is 4. The van der Waals surface area contributed by atoms with Crippen LogP contribution >= 0.6 is 22.9 Å². The maximum Gasteiger partial charge on any atom is 0.435 e. The molecular weight excluding hydrogens is 379 g/mol. The standard InChI is InChI=1S/C14H9ClF3N5OS/c1-7-20-21-13(25-7)19-12(24)10-6-11(14(16,17)18)22-23(10)9-5-3-2-4-8(9)15/h2-6H,1H3,(H,19,21,24). The number of nitrogens with zero attached hydrogens (tertiary/aromatic N) is 4. The quantitative estimate of drug-likeness (QED) is 0.738. The monoisotopic (exact) mass is 387 g/mol. The number of nitrogens with one attached hydrogen (secondary N) is 1. The number of aromatic nitrogens is 4. The molecule has 0 fully saturated rings. The van der Waals surface area contributed by atoms with Gasteiger partial charge in [0, 0.05) is 6.07 Å². The number of benzene rings is 1. The molecule has 2 heterocycles. The molecule has 1 N–H and O–H groups in total. The number of amides is 1. The fourth-order valence-electron chi connectivity index (χ4n) is 2.00. The lowest BCUT2D eigenvalue weighted by atomic mass is 10.3. The second kappa shape index (κ2) is 6.45. The van der Waals surface area contributed by atoms with Crippen LogP contribution in [-0.4, -0.2) is 25.9 Å². The molecule has 0 unspecified atom stereocenters. The SMILES string of the molecule is Cc1nnc(NC(=O)c2cc(C(F)(F)F)nn2-c2ccccc2Cl)s1. The third-order valence-electron chi connectivity index (χ3n) is 3.06. The number of carbonyl (C=O) groups is 1. The molecule has 2 aromatic heterocycles. The molecule has 0 saturated heterocycles. The van der Waals surface area contributed by atoms with Gasteiger partial charge in [0.2, 0.25) is 5.13 Å². The molecule has 25 heavy (non-hydrogen) atoms. The zero-order valence-electron chi connectivity index (χ0n) is 12.5. The van der Waals surface area contributed by atoms with Crippen LogP contribution in [0.3, 0.4) is 0 Å². The number of para-hydroxylation sites is 1. The molecule has 11 heteroatoms. The Morgan fingerprint density at radius 1 is 1.28 bits per heavy atom. The molecule has 0 saturated carbocycles. The Bertz CT molecular complexity index is 937. The summed E-state index contributed by atoms with van der Waals surface area (Å²) < 4.78 is 39.9. The second-order valence-corrected chi connectivity index (χ2v) is 6.44. The zero-order chi connectivity index (χ0) is 18.2. The maximum atomic E-state index is 13.0. The Kier molecular flexibility index (Phi) is 4.48. The Morgan fingerprint density at radius 2 is 2.00 bits per heavy atom. The number of rotatable bonds is 3. The molecule has 130 valence electrons. The summed E-state index contributed by atoms with van der Waals surface area (Å²) in [5.74, 6) is -0.806. The second-order valence-electron chi connectivity index (χ2n) is 4.86. The van der Waals surface area contributed by atoms with Crippen LogP contribution in [0.4, 0.5) is 18.3 Å². The first-order chi connectivity index (χ1) is 11.8. The highest BCUT2D eigenvalue weighted by Crippen LogP contribution is 2.31. The van der Waals surface area contributed by atoms with Gasteiger partial charge in [-0.1, -0.05) is 35.1 Å². The van der Waals surface area contributed by atoms with Gasteiger partial charge in [-0.15, -0.1) is 10.2 Å². The molecule has 0 spiro atoms. The highest BCUT2D eigenvalue weighted by atomic mass is 35.5. The van der Waals surface area contributed by atoms with Crippen molar-refractivity contribution in [1.82, 2.24) is 20.0 Å². The van der Waals surface area contributed by atoms with E-state index in [1.807, 2.05) is 0 Å². The van der Waals surface area contributed by atoms with Crippen molar-refractivity contribution in [2.75, 3.05) is 5.32 Å². The predicted octanol–water partition coefficient (Wildman–Crippen LogP) is 3.96. The van der Waals surface area contributed by atoms with Crippen molar-refractivity contribution in [2.45, 2.75) is 13.1 Å². The van der Waals surface area contributed by atoms with Crippen molar-refractivity contribution in [3.05, 3.63) is 51.7 Å². The highest BCUT2D eigenvalue weighted by Gasteiger charge is 2.36. The van der Waals surface area contributed by atoms with Gasteiger partial charge in [-0.2, -0.15) is 18.3 Å². The van der Waals surface area contributed by atoms with Crippen LogP contribution in [-0.2, 0) is 6.18 Å². The molecule has 1 aromatic carbocycles. The summed E-state index contributed by atoms with van der Waals surface area (Å²) in [6, 6.07) is 6.80. The average molecular weight is 388 g/mol. The number of alkyl halides is 3. The first-order valence-corrected chi connectivity index (χ1v) is 7.99. The number of aryl methyl sites for hydroxylation is 1. The van der Waals surface area contributed by atoms with Gasteiger partial charge < -0.3 is 0 Å². The largest absolute Gasteiger partial charge is 0.435 e. The van der Waals surface area contributed by atoms with Crippen molar-refractivity contribution >= 4 is 34.0 Å². The molecule has 1 amide bonds. The van der Waals surface area contributed by atoms with Crippen molar-refractivity contribution in [2.24, 2.45) is 0 Å². The molecule has 0 atom stereocenters. The summed E-state index contributed by atoms with van der Waals surface area (Å²) in [5.41, 5.74) is -1.38. The van der Waals surface area contributed by atoms with Crippen LogP contribution in [0, 0.1) is 6.92 Å². The van der Waals surface area contributed by atoms with E-state index < -0.39 is 17.8 Å². The van der Waals surface area contributed by atoms with Gasteiger partial charge in [0.15, 0.2) is 5.69 Å². The van der Waals surface area contributed by atoms with Crippen LogP contribution < -0.4 is 5.32 Å². The molecule has 0 aliphatic carbocycles. The summed E-state index contributed by atoms with van der Waals surface area (Å²) in [6.07, 6.45) is -4.71. The number of hydrogen-bond donors (Lipinski definition) is 1. The normalized spacial score (nSPS) is 11.6. The van der Waals surface area contributed by atoms with Gasteiger partial charge in [0.05, 0.1) is 10.7 Å². The van der Waals surface area contributed by atoms with Gasteiger partial charge in [0.25, 0.3) is 5.91 Å². The number of anilines is 1. The fraction of sp³-hybridized carbons (Fsp3) is 0.143. The van der Waals surface area contributed by atoms with E-state index in [1.165, 1.54) is 12.1 Å². The lowest BCUT2D eigenvalue weighted by Gasteiger charge is -2.08. The Balaban J connectivity index is 2.06. The Labute approximate surface area is 148 Å². The van der Waals surface area contributed by atoms with Crippen molar-refractivity contribution in [3.63, 3.8) is 0 Å². The van der Waals surface area contributed by atoms with Crippen molar-refractivity contribution < 1.29 is 18.0 Å².